The molecule has 4 rings (SSSR count). The molecule has 39 heavy (non-hydrogen) atoms. The van der Waals surface area contributed by atoms with Crippen LogP contribution in [0.1, 0.15) is 11.1 Å². The Morgan fingerprint density at radius 2 is 0.769 bits per heavy atom. The third-order valence-electron chi connectivity index (χ3n) is 5.78. The standard InChI is InChI=1S/2C14H15NO3S.Pd/c2*15-14-8-4-3-7-13(14)12-6-2-1-5-11(12)9-10-19(16,17)18;/h2*1-8H,9-10,15H2,(H,16,17,18);/q;;+2/p-2. The van der Waals surface area contributed by atoms with Gasteiger partial charge in [0.05, 0.1) is 20.2 Å². The first kappa shape index (κ1) is 32.2. The molecule has 0 aliphatic heterocycles. The van der Waals surface area contributed by atoms with Crippen molar-refractivity contribution in [1.29, 1.82) is 0 Å². The minimum atomic E-state index is -4.21. The van der Waals surface area contributed by atoms with Crippen molar-refractivity contribution in [2.24, 2.45) is 0 Å². The second kappa shape index (κ2) is 14.4. The molecule has 8 nitrogen and oxygen atoms in total. The number of anilines is 2. The van der Waals surface area contributed by atoms with Crippen molar-refractivity contribution < 1.29 is 46.4 Å². The largest absolute Gasteiger partial charge is 2.00 e. The van der Waals surface area contributed by atoms with Crippen molar-refractivity contribution in [1.82, 2.24) is 0 Å². The van der Waals surface area contributed by atoms with E-state index in [9.17, 15) is 25.9 Å². The van der Waals surface area contributed by atoms with Gasteiger partial charge < -0.3 is 20.6 Å². The molecule has 0 radical (unpaired) electrons. The zero-order valence-corrected chi connectivity index (χ0v) is 24.0. The van der Waals surface area contributed by atoms with Gasteiger partial charge in [0.2, 0.25) is 0 Å². The molecule has 0 unspecified atom stereocenters. The summed E-state index contributed by atoms with van der Waals surface area (Å²) in [6.07, 6.45) is 0.382. The van der Waals surface area contributed by atoms with Crippen molar-refractivity contribution >= 4 is 31.6 Å². The van der Waals surface area contributed by atoms with Gasteiger partial charge in [-0.15, -0.1) is 0 Å². The molecule has 4 N–H and O–H groups in total. The Labute approximate surface area is 243 Å². The van der Waals surface area contributed by atoms with E-state index in [1.54, 1.807) is 12.1 Å². The van der Waals surface area contributed by atoms with E-state index >= 15 is 0 Å². The van der Waals surface area contributed by atoms with E-state index in [4.69, 9.17) is 11.5 Å². The second-order valence-electron chi connectivity index (χ2n) is 8.51. The van der Waals surface area contributed by atoms with Gasteiger partial charge in [0, 0.05) is 34.0 Å². The molecule has 11 heteroatoms. The molecule has 0 heterocycles. The second-order valence-corrected chi connectivity index (χ2v) is 11.6. The maximum absolute atomic E-state index is 10.7. The van der Waals surface area contributed by atoms with Crippen LogP contribution in [0.2, 0.25) is 0 Å². The molecule has 0 fully saturated rings. The number of nitrogen functional groups attached to an aromatic ring is 2. The fraction of sp³-hybridized carbons (Fsp3) is 0.143. The first-order chi connectivity index (χ1) is 17.9. The summed E-state index contributed by atoms with van der Waals surface area (Å²) in [5.74, 6) is -0.812. The normalized spacial score (nSPS) is 11.1. The minimum Gasteiger partial charge on any atom is -0.748 e. The van der Waals surface area contributed by atoms with Crippen molar-refractivity contribution in [3.8, 4) is 22.3 Å². The first-order valence-corrected chi connectivity index (χ1v) is 14.8. The fourth-order valence-electron chi connectivity index (χ4n) is 3.96. The Hall–Kier alpha value is -3.04. The number of para-hydroxylation sites is 2. The van der Waals surface area contributed by atoms with Crippen molar-refractivity contribution in [2.75, 3.05) is 23.0 Å². The Kier molecular flexibility index (Phi) is 11.9. The average molecular weight is 659 g/mol. The molecule has 0 aromatic heterocycles. The summed E-state index contributed by atoms with van der Waals surface area (Å²) in [7, 11) is -8.43. The van der Waals surface area contributed by atoms with E-state index in [0.29, 0.717) is 11.4 Å². The maximum atomic E-state index is 10.7. The van der Waals surface area contributed by atoms with Crippen LogP contribution in [0.3, 0.4) is 0 Å². The van der Waals surface area contributed by atoms with Gasteiger partial charge in [-0.05, 0) is 47.2 Å². The number of rotatable bonds is 8. The SMILES string of the molecule is Nc1ccccc1-c1ccccc1CCS(=O)(=O)[O-].Nc1ccccc1-c1ccccc1CCS(=O)(=O)[O-].[Pd+2]. The molecule has 0 saturated carbocycles. The van der Waals surface area contributed by atoms with Crippen LogP contribution in [0.5, 0.6) is 0 Å². The van der Waals surface area contributed by atoms with Crippen LogP contribution >= 0.6 is 0 Å². The Balaban J connectivity index is 0.000000267. The van der Waals surface area contributed by atoms with Gasteiger partial charge in [0.15, 0.2) is 0 Å². The van der Waals surface area contributed by atoms with Gasteiger partial charge in [0.25, 0.3) is 0 Å². The number of hydrogen-bond donors (Lipinski definition) is 2. The van der Waals surface area contributed by atoms with Gasteiger partial charge in [0.1, 0.15) is 0 Å². The summed E-state index contributed by atoms with van der Waals surface area (Å²) in [5, 5.41) is 0. The van der Waals surface area contributed by atoms with Gasteiger partial charge >= 0.3 is 20.4 Å². The molecule has 0 atom stereocenters. The third kappa shape index (κ3) is 10.2. The molecule has 0 bridgehead atoms. The van der Waals surface area contributed by atoms with Crippen LogP contribution in [-0.2, 0) is 53.5 Å². The smallest absolute Gasteiger partial charge is 0.748 e. The molecule has 4 aromatic carbocycles. The summed E-state index contributed by atoms with van der Waals surface area (Å²) < 4.78 is 64.4. The summed E-state index contributed by atoms with van der Waals surface area (Å²) in [5.41, 5.74) is 18.1. The van der Waals surface area contributed by atoms with Crippen molar-refractivity contribution in [3.05, 3.63) is 108 Å². The number of hydrogen-bond acceptors (Lipinski definition) is 8. The average Bonchev–Trinajstić information content (AvgIpc) is 2.87. The Bertz CT molecular complexity index is 1490. The quantitative estimate of drug-likeness (QED) is 0.163. The Morgan fingerprint density at radius 1 is 0.487 bits per heavy atom. The maximum Gasteiger partial charge on any atom is 2.00 e. The summed E-state index contributed by atoms with van der Waals surface area (Å²) >= 11 is 0. The predicted octanol–water partition coefficient (Wildman–Crippen LogP) is 4.04. The van der Waals surface area contributed by atoms with Gasteiger partial charge in [-0.3, -0.25) is 0 Å². The van der Waals surface area contributed by atoms with Crippen LogP contribution < -0.4 is 11.5 Å². The topological polar surface area (TPSA) is 166 Å². The number of nitrogens with two attached hydrogens (primary N) is 2. The first-order valence-electron chi connectivity index (χ1n) is 11.7. The van der Waals surface area contributed by atoms with E-state index in [-0.39, 0.29) is 33.3 Å². The molecule has 0 spiro atoms. The summed E-state index contributed by atoms with van der Waals surface area (Å²) in [6, 6.07) is 29.5. The third-order valence-corrected chi connectivity index (χ3v) is 7.19. The zero-order valence-electron chi connectivity index (χ0n) is 20.8. The predicted molar refractivity (Wildman–Crippen MR) is 149 cm³/mol. The molecule has 0 amide bonds. The van der Waals surface area contributed by atoms with E-state index in [2.05, 4.69) is 0 Å². The monoisotopic (exact) mass is 658 g/mol. The van der Waals surface area contributed by atoms with Crippen molar-refractivity contribution in [2.45, 2.75) is 12.8 Å². The van der Waals surface area contributed by atoms with Crippen molar-refractivity contribution in [3.63, 3.8) is 0 Å². The van der Waals surface area contributed by atoms with Crippen LogP contribution in [0.25, 0.3) is 22.3 Å². The molecular weight excluding hydrogens is 631 g/mol. The number of aryl methyl sites for hydroxylation is 2. The summed E-state index contributed by atoms with van der Waals surface area (Å²) in [6.45, 7) is 0. The Morgan fingerprint density at radius 3 is 1.08 bits per heavy atom. The van der Waals surface area contributed by atoms with E-state index < -0.39 is 31.7 Å². The minimum absolute atomic E-state index is 0. The molecule has 0 saturated heterocycles. The molecule has 0 aliphatic carbocycles. The van der Waals surface area contributed by atoms with Gasteiger partial charge in [-0.25, -0.2) is 16.8 Å². The number of benzene rings is 4. The van der Waals surface area contributed by atoms with Gasteiger partial charge in [-0.2, -0.15) is 0 Å². The van der Waals surface area contributed by atoms with Crippen LogP contribution in [0.4, 0.5) is 11.4 Å². The molecular formula is C28H28N2O6PdS2. The van der Waals surface area contributed by atoms with Crippen LogP contribution in [-0.4, -0.2) is 37.4 Å². The van der Waals surface area contributed by atoms with E-state index in [1.165, 1.54) is 0 Å². The molecule has 4 aromatic rings. The van der Waals surface area contributed by atoms with Gasteiger partial charge in [-0.1, -0.05) is 84.9 Å². The van der Waals surface area contributed by atoms with Crippen LogP contribution in [0, 0.1) is 0 Å². The zero-order chi connectivity index (χ0) is 27.8. The van der Waals surface area contributed by atoms with Crippen LogP contribution in [0.15, 0.2) is 97.1 Å². The fourth-order valence-corrected chi connectivity index (χ4v) is 4.90. The van der Waals surface area contributed by atoms with E-state index in [0.717, 1.165) is 33.4 Å². The molecule has 0 aliphatic rings. The summed E-state index contributed by atoms with van der Waals surface area (Å²) in [4.78, 5) is 0. The van der Waals surface area contributed by atoms with E-state index in [1.807, 2.05) is 84.9 Å². The molecule has 208 valence electrons.